The quantitative estimate of drug-likeness (QED) is 0.659. The zero-order valence-electron chi connectivity index (χ0n) is 10.3. The van der Waals surface area contributed by atoms with Crippen LogP contribution in [0.1, 0.15) is 57.1 Å². The van der Waals surface area contributed by atoms with Crippen LogP contribution >= 0.6 is 0 Å². The van der Waals surface area contributed by atoms with Gasteiger partial charge in [0.05, 0.1) is 0 Å². The molecule has 1 aromatic carbocycles. The highest BCUT2D eigenvalue weighted by molar-refractivity contribution is 5.39. The van der Waals surface area contributed by atoms with Gasteiger partial charge in [-0.15, -0.1) is 0 Å². The largest absolute Gasteiger partial charge is 0.0622 e. The maximum absolute atomic E-state index is 2.35. The molecule has 2 atom stereocenters. The predicted molar refractivity (Wildman–Crippen MR) is 66.2 cm³/mol. The first kappa shape index (κ1) is 10.7. The topological polar surface area (TPSA) is 0 Å². The third kappa shape index (κ3) is 1.82. The van der Waals surface area contributed by atoms with Gasteiger partial charge < -0.3 is 0 Å². The standard InChI is InChI=1S/C15H22/c1-10(2)14-9-15(11(3)4)13-8-6-5-7-12(13)14/h5-8,10-11,14-15H,9H2,1-4H3. The van der Waals surface area contributed by atoms with Crippen molar-refractivity contribution in [2.45, 2.75) is 46.0 Å². The number of fused-ring (bicyclic) bond motifs is 1. The molecule has 0 aliphatic heterocycles. The van der Waals surface area contributed by atoms with Gasteiger partial charge in [0.2, 0.25) is 0 Å². The molecule has 0 spiro atoms. The van der Waals surface area contributed by atoms with Gasteiger partial charge in [-0.25, -0.2) is 0 Å². The predicted octanol–water partition coefficient (Wildman–Crippen LogP) is 4.57. The van der Waals surface area contributed by atoms with Crippen LogP contribution in [0.4, 0.5) is 0 Å². The summed E-state index contributed by atoms with van der Waals surface area (Å²) in [7, 11) is 0. The van der Waals surface area contributed by atoms with Crippen LogP contribution in [0.25, 0.3) is 0 Å². The van der Waals surface area contributed by atoms with E-state index in [1.54, 1.807) is 11.1 Å². The van der Waals surface area contributed by atoms with Crippen LogP contribution in [-0.2, 0) is 0 Å². The van der Waals surface area contributed by atoms with Crippen LogP contribution in [0.2, 0.25) is 0 Å². The maximum Gasteiger partial charge on any atom is -0.0130 e. The third-order valence-corrected chi connectivity index (χ3v) is 3.91. The first-order chi connectivity index (χ1) is 7.11. The molecule has 1 aromatic rings. The lowest BCUT2D eigenvalue weighted by Crippen LogP contribution is -2.05. The number of rotatable bonds is 2. The fourth-order valence-electron chi connectivity index (χ4n) is 2.98. The van der Waals surface area contributed by atoms with E-state index in [0.29, 0.717) is 0 Å². The molecule has 0 heteroatoms. The Hall–Kier alpha value is -0.780. The molecule has 0 aromatic heterocycles. The Bertz CT molecular complexity index is 303. The molecule has 0 heterocycles. The van der Waals surface area contributed by atoms with Crippen molar-refractivity contribution in [2.75, 3.05) is 0 Å². The zero-order valence-corrected chi connectivity index (χ0v) is 10.3. The van der Waals surface area contributed by atoms with Crippen molar-refractivity contribution in [3.8, 4) is 0 Å². The van der Waals surface area contributed by atoms with Crippen molar-refractivity contribution in [3.05, 3.63) is 35.4 Å². The van der Waals surface area contributed by atoms with Gasteiger partial charge in [0.1, 0.15) is 0 Å². The van der Waals surface area contributed by atoms with Crippen molar-refractivity contribution in [1.29, 1.82) is 0 Å². The van der Waals surface area contributed by atoms with Crippen molar-refractivity contribution in [1.82, 2.24) is 0 Å². The summed E-state index contributed by atoms with van der Waals surface area (Å²) in [5.74, 6) is 3.12. The van der Waals surface area contributed by atoms with Crippen molar-refractivity contribution < 1.29 is 0 Å². The number of hydrogen-bond donors (Lipinski definition) is 0. The maximum atomic E-state index is 2.35. The molecule has 1 aliphatic carbocycles. The molecule has 0 bridgehead atoms. The number of benzene rings is 1. The zero-order chi connectivity index (χ0) is 11.0. The van der Waals surface area contributed by atoms with Gasteiger partial charge in [-0.2, -0.15) is 0 Å². The fraction of sp³-hybridized carbons (Fsp3) is 0.600. The van der Waals surface area contributed by atoms with Crippen LogP contribution in [-0.4, -0.2) is 0 Å². The summed E-state index contributed by atoms with van der Waals surface area (Å²) in [5, 5.41) is 0. The Morgan fingerprint density at radius 1 is 0.867 bits per heavy atom. The highest BCUT2D eigenvalue weighted by Gasteiger charge is 2.33. The monoisotopic (exact) mass is 202 g/mol. The van der Waals surface area contributed by atoms with Gasteiger partial charge in [-0.1, -0.05) is 52.0 Å². The molecular weight excluding hydrogens is 180 g/mol. The van der Waals surface area contributed by atoms with E-state index >= 15 is 0 Å². The fourth-order valence-corrected chi connectivity index (χ4v) is 2.98. The van der Waals surface area contributed by atoms with Gasteiger partial charge in [-0.3, -0.25) is 0 Å². The summed E-state index contributed by atoms with van der Waals surface area (Å²) in [6.45, 7) is 9.41. The second kappa shape index (κ2) is 4.00. The molecule has 0 amide bonds. The molecule has 82 valence electrons. The number of hydrogen-bond acceptors (Lipinski definition) is 0. The molecule has 2 rings (SSSR count). The second-order valence-corrected chi connectivity index (χ2v) is 5.57. The first-order valence-electron chi connectivity index (χ1n) is 6.20. The van der Waals surface area contributed by atoms with E-state index in [0.717, 1.165) is 23.7 Å². The minimum atomic E-state index is 0.773. The first-order valence-corrected chi connectivity index (χ1v) is 6.20. The van der Waals surface area contributed by atoms with Gasteiger partial charge in [-0.05, 0) is 41.2 Å². The van der Waals surface area contributed by atoms with Gasteiger partial charge in [0, 0.05) is 0 Å². The Morgan fingerprint density at radius 2 is 1.27 bits per heavy atom. The van der Waals surface area contributed by atoms with E-state index in [1.807, 2.05) is 0 Å². The lowest BCUT2D eigenvalue weighted by molar-refractivity contribution is 0.414. The van der Waals surface area contributed by atoms with Gasteiger partial charge >= 0.3 is 0 Å². The SMILES string of the molecule is CC(C)C1CC(C(C)C)c2ccccc21. The summed E-state index contributed by atoms with van der Waals surface area (Å²) in [5.41, 5.74) is 3.23. The van der Waals surface area contributed by atoms with Crippen LogP contribution in [0.15, 0.2) is 24.3 Å². The van der Waals surface area contributed by atoms with Crippen LogP contribution < -0.4 is 0 Å². The van der Waals surface area contributed by atoms with E-state index < -0.39 is 0 Å². The van der Waals surface area contributed by atoms with Crippen molar-refractivity contribution >= 4 is 0 Å². The molecule has 0 fully saturated rings. The lowest BCUT2D eigenvalue weighted by atomic mass is 9.87. The van der Waals surface area contributed by atoms with Crippen molar-refractivity contribution in [2.24, 2.45) is 11.8 Å². The molecule has 0 nitrogen and oxygen atoms in total. The van der Waals surface area contributed by atoms with E-state index in [9.17, 15) is 0 Å². The summed E-state index contributed by atoms with van der Waals surface area (Å²) >= 11 is 0. The van der Waals surface area contributed by atoms with Gasteiger partial charge in [0.15, 0.2) is 0 Å². The van der Waals surface area contributed by atoms with Crippen molar-refractivity contribution in [3.63, 3.8) is 0 Å². The average Bonchev–Trinajstić information content (AvgIpc) is 2.56. The lowest BCUT2D eigenvalue weighted by Gasteiger charge is -2.17. The van der Waals surface area contributed by atoms with E-state index in [1.165, 1.54) is 6.42 Å². The molecule has 0 saturated heterocycles. The Balaban J connectivity index is 2.39. The average molecular weight is 202 g/mol. The third-order valence-electron chi connectivity index (χ3n) is 3.91. The highest BCUT2D eigenvalue weighted by Crippen LogP contribution is 2.48. The van der Waals surface area contributed by atoms with Crippen LogP contribution in [0.3, 0.4) is 0 Å². The highest BCUT2D eigenvalue weighted by atomic mass is 14.4. The normalized spacial score (nSPS) is 24.9. The molecule has 2 unspecified atom stereocenters. The smallest absolute Gasteiger partial charge is 0.0130 e. The molecule has 0 saturated carbocycles. The summed E-state index contributed by atoms with van der Waals surface area (Å²) in [4.78, 5) is 0. The van der Waals surface area contributed by atoms with E-state index in [4.69, 9.17) is 0 Å². The molecular formula is C15H22. The Labute approximate surface area is 93.7 Å². The molecule has 15 heavy (non-hydrogen) atoms. The molecule has 0 N–H and O–H groups in total. The summed E-state index contributed by atoms with van der Waals surface area (Å²) < 4.78 is 0. The Kier molecular flexibility index (Phi) is 2.86. The summed E-state index contributed by atoms with van der Waals surface area (Å²) in [6, 6.07) is 9.05. The molecule has 0 radical (unpaired) electrons. The van der Waals surface area contributed by atoms with Gasteiger partial charge in [0.25, 0.3) is 0 Å². The van der Waals surface area contributed by atoms with Crippen LogP contribution in [0.5, 0.6) is 0 Å². The Morgan fingerprint density at radius 3 is 1.60 bits per heavy atom. The summed E-state index contributed by atoms with van der Waals surface area (Å²) in [6.07, 6.45) is 1.36. The minimum Gasteiger partial charge on any atom is -0.0622 e. The van der Waals surface area contributed by atoms with E-state index in [-0.39, 0.29) is 0 Å². The second-order valence-electron chi connectivity index (χ2n) is 5.57. The van der Waals surface area contributed by atoms with Crippen LogP contribution in [0, 0.1) is 11.8 Å². The molecule has 1 aliphatic rings. The van der Waals surface area contributed by atoms with E-state index in [2.05, 4.69) is 52.0 Å². The minimum absolute atomic E-state index is 0.773.